The second kappa shape index (κ2) is 11.9. The lowest BCUT2D eigenvalue weighted by Gasteiger charge is -2.43. The van der Waals surface area contributed by atoms with E-state index >= 15 is 0 Å². The van der Waals surface area contributed by atoms with Crippen LogP contribution in [0.1, 0.15) is 36.1 Å². The van der Waals surface area contributed by atoms with E-state index in [0.717, 1.165) is 43.1 Å². The highest BCUT2D eigenvalue weighted by atomic mass is 16.8. The van der Waals surface area contributed by atoms with Gasteiger partial charge in [0.25, 0.3) is 0 Å². The van der Waals surface area contributed by atoms with Crippen LogP contribution in [0.4, 0.5) is 0 Å². The van der Waals surface area contributed by atoms with E-state index in [1.807, 2.05) is 135 Å². The van der Waals surface area contributed by atoms with Crippen LogP contribution >= 0.6 is 0 Å². The summed E-state index contributed by atoms with van der Waals surface area (Å²) in [6.45, 7) is 3.72. The molecule has 8 aromatic rings. The van der Waals surface area contributed by atoms with Crippen molar-refractivity contribution in [2.45, 2.75) is 43.0 Å². The maximum Gasteiger partial charge on any atom is 0.164 e. The van der Waals surface area contributed by atoms with Gasteiger partial charge in [-0.1, -0.05) is 170 Å². The zero-order valence-electron chi connectivity index (χ0n) is 28.5. The predicted octanol–water partition coefficient (Wildman–Crippen LogP) is 9.99. The molecule has 4 heteroatoms. The molecule has 0 saturated carbocycles. The molecule has 4 nitrogen and oxygen atoms in total. The molecule has 0 bridgehead atoms. The third kappa shape index (κ3) is 4.90. The molecule has 2 N–H and O–H groups in total. The summed E-state index contributed by atoms with van der Waals surface area (Å²) in [7, 11) is 0. The fourth-order valence-electron chi connectivity index (χ4n) is 8.51. The van der Waals surface area contributed by atoms with Crippen molar-refractivity contribution in [3.05, 3.63) is 192 Å². The third-order valence-corrected chi connectivity index (χ3v) is 10.7. The first-order chi connectivity index (χ1) is 24.8. The largest absolute Gasteiger partial charge is 0.377 e. The number of fused-ring (bicyclic) bond motifs is 4. The monoisotopic (exact) mass is 666 g/mol. The average Bonchev–Trinajstić information content (AvgIpc) is 3.52. The van der Waals surface area contributed by atoms with Gasteiger partial charge in [-0.2, -0.15) is 0 Å². The van der Waals surface area contributed by atoms with Gasteiger partial charge in [0.05, 0.1) is 0 Å². The molecule has 1 fully saturated rings. The first-order valence-electron chi connectivity index (χ1n) is 17.5. The SMILES string of the molecule is CC1(C)O[C@@H](C(O)(c2cccc3ccccc23)c2cccc3ccccc23)[C@@H](C(O)(c2cccc3ccccc23)c2cccc3ccccc23)O1. The Morgan fingerprint density at radius 2 is 0.608 bits per heavy atom. The number of benzene rings is 8. The summed E-state index contributed by atoms with van der Waals surface area (Å²) >= 11 is 0. The van der Waals surface area contributed by atoms with E-state index in [9.17, 15) is 10.2 Å². The molecule has 0 unspecified atom stereocenters. The van der Waals surface area contributed by atoms with Gasteiger partial charge in [-0.15, -0.1) is 0 Å². The van der Waals surface area contributed by atoms with Gasteiger partial charge in [0.1, 0.15) is 23.4 Å². The number of ether oxygens (including phenoxy) is 2. The first-order valence-corrected chi connectivity index (χ1v) is 17.5. The fourth-order valence-corrected chi connectivity index (χ4v) is 8.51. The molecule has 2 atom stereocenters. The molecule has 0 spiro atoms. The molecule has 8 aromatic carbocycles. The molecule has 0 amide bonds. The standard InChI is InChI=1S/C47H38O4/c1-45(2)50-43(46(48,39-27-11-19-31-15-3-7-23-35(31)39)40-28-12-20-32-16-4-8-24-36(32)40)44(51-45)47(49,41-29-13-21-33-17-5-9-25-37(33)41)42-30-14-22-34-18-6-10-26-38(34)42/h3-30,43-44,48-49H,1-2H3/t43-,44+. The van der Waals surface area contributed by atoms with Gasteiger partial charge < -0.3 is 19.7 Å². The molecule has 9 rings (SSSR count). The van der Waals surface area contributed by atoms with E-state index < -0.39 is 29.2 Å². The minimum atomic E-state index is -1.80. The summed E-state index contributed by atoms with van der Waals surface area (Å²) in [5, 5.41) is 35.6. The molecule has 0 aliphatic carbocycles. The van der Waals surface area contributed by atoms with Crippen molar-refractivity contribution < 1.29 is 19.7 Å². The molecule has 1 heterocycles. The lowest BCUT2D eigenvalue weighted by atomic mass is 9.69. The normalized spacial score (nSPS) is 17.8. The highest BCUT2D eigenvalue weighted by Gasteiger charge is 2.62. The van der Waals surface area contributed by atoms with Crippen molar-refractivity contribution in [1.29, 1.82) is 0 Å². The topological polar surface area (TPSA) is 58.9 Å². The number of hydrogen-bond donors (Lipinski definition) is 2. The fraction of sp³-hybridized carbons (Fsp3) is 0.149. The second-order valence-corrected chi connectivity index (χ2v) is 14.1. The Morgan fingerprint density at radius 3 is 0.882 bits per heavy atom. The molecular weight excluding hydrogens is 629 g/mol. The van der Waals surface area contributed by atoms with Gasteiger partial charge in [0.15, 0.2) is 5.79 Å². The van der Waals surface area contributed by atoms with Crippen LogP contribution < -0.4 is 0 Å². The van der Waals surface area contributed by atoms with Crippen LogP contribution in [0, 0.1) is 0 Å². The molecule has 1 saturated heterocycles. The van der Waals surface area contributed by atoms with E-state index in [0.29, 0.717) is 22.3 Å². The summed E-state index contributed by atoms with van der Waals surface area (Å²) < 4.78 is 14.0. The molecular formula is C47H38O4. The minimum absolute atomic E-state index is 0.673. The Labute approximate surface area is 297 Å². The van der Waals surface area contributed by atoms with Gasteiger partial charge in [-0.05, 0) is 79.2 Å². The second-order valence-electron chi connectivity index (χ2n) is 14.1. The molecule has 0 aromatic heterocycles. The first kappa shape index (κ1) is 31.6. The predicted molar refractivity (Wildman–Crippen MR) is 206 cm³/mol. The number of rotatable bonds is 6. The molecule has 51 heavy (non-hydrogen) atoms. The van der Waals surface area contributed by atoms with Crippen LogP contribution in [0.15, 0.2) is 170 Å². The number of hydrogen-bond acceptors (Lipinski definition) is 4. The summed E-state index contributed by atoms with van der Waals surface area (Å²) in [6.07, 6.45) is -2.18. The zero-order valence-corrected chi connectivity index (χ0v) is 28.5. The van der Waals surface area contributed by atoms with Gasteiger partial charge in [-0.25, -0.2) is 0 Å². The van der Waals surface area contributed by atoms with Gasteiger partial charge in [-0.3, -0.25) is 0 Å². The van der Waals surface area contributed by atoms with Crippen molar-refractivity contribution >= 4 is 43.1 Å². The highest BCUT2D eigenvalue weighted by molar-refractivity contribution is 5.93. The van der Waals surface area contributed by atoms with Crippen LogP contribution in [0.25, 0.3) is 43.1 Å². The van der Waals surface area contributed by atoms with Crippen molar-refractivity contribution in [3.63, 3.8) is 0 Å². The Balaban J connectivity index is 1.41. The Kier molecular flexibility index (Phi) is 7.36. The molecule has 1 aliphatic heterocycles. The van der Waals surface area contributed by atoms with E-state index in [4.69, 9.17) is 9.47 Å². The lowest BCUT2D eigenvalue weighted by molar-refractivity contribution is -0.172. The minimum Gasteiger partial charge on any atom is -0.377 e. The maximum atomic E-state index is 14.0. The summed E-state index contributed by atoms with van der Waals surface area (Å²) in [4.78, 5) is 0. The molecule has 250 valence electrons. The van der Waals surface area contributed by atoms with Gasteiger partial charge in [0.2, 0.25) is 0 Å². The summed E-state index contributed by atoms with van der Waals surface area (Å²) in [5.41, 5.74) is -0.914. The number of aliphatic hydroxyl groups is 2. The highest BCUT2D eigenvalue weighted by Crippen LogP contribution is 2.53. The summed E-state index contributed by atoms with van der Waals surface area (Å²) in [5.74, 6) is -1.18. The lowest BCUT2D eigenvalue weighted by Crippen LogP contribution is -2.55. The average molecular weight is 667 g/mol. The smallest absolute Gasteiger partial charge is 0.164 e. The van der Waals surface area contributed by atoms with Crippen molar-refractivity contribution in [2.24, 2.45) is 0 Å². The van der Waals surface area contributed by atoms with Crippen molar-refractivity contribution in [2.75, 3.05) is 0 Å². The Morgan fingerprint density at radius 1 is 0.373 bits per heavy atom. The van der Waals surface area contributed by atoms with Crippen LogP contribution in [-0.4, -0.2) is 28.2 Å². The van der Waals surface area contributed by atoms with Gasteiger partial charge in [0, 0.05) is 0 Å². The third-order valence-electron chi connectivity index (χ3n) is 10.7. The van der Waals surface area contributed by atoms with E-state index in [1.165, 1.54) is 0 Å². The van der Waals surface area contributed by atoms with E-state index in [-0.39, 0.29) is 0 Å². The quantitative estimate of drug-likeness (QED) is 0.186. The Hall–Kier alpha value is -5.36. The van der Waals surface area contributed by atoms with Crippen LogP contribution in [0.5, 0.6) is 0 Å². The molecule has 1 aliphatic rings. The van der Waals surface area contributed by atoms with E-state index in [1.54, 1.807) is 0 Å². The van der Waals surface area contributed by atoms with Crippen LogP contribution in [-0.2, 0) is 20.7 Å². The summed E-state index contributed by atoms with van der Waals surface area (Å²) in [6, 6.07) is 56.4. The Bertz CT molecular complexity index is 2230. The van der Waals surface area contributed by atoms with Crippen molar-refractivity contribution in [1.82, 2.24) is 0 Å². The van der Waals surface area contributed by atoms with Crippen LogP contribution in [0.3, 0.4) is 0 Å². The van der Waals surface area contributed by atoms with Gasteiger partial charge >= 0.3 is 0 Å². The van der Waals surface area contributed by atoms with Crippen LogP contribution in [0.2, 0.25) is 0 Å². The maximum absolute atomic E-state index is 14.0. The van der Waals surface area contributed by atoms with E-state index in [2.05, 4.69) is 48.5 Å². The van der Waals surface area contributed by atoms with Crippen molar-refractivity contribution in [3.8, 4) is 0 Å². The zero-order chi connectivity index (χ0) is 34.8. The molecule has 0 radical (unpaired) electrons.